The van der Waals surface area contributed by atoms with Crippen LogP contribution in [0.15, 0.2) is 12.5 Å². The number of amides is 2. The van der Waals surface area contributed by atoms with Crippen LogP contribution in [0.4, 0.5) is 0 Å². The highest BCUT2D eigenvalue weighted by molar-refractivity contribution is 5.92. The first-order valence-corrected chi connectivity index (χ1v) is 8.99. The van der Waals surface area contributed by atoms with E-state index in [1.807, 2.05) is 11.8 Å². The Bertz CT molecular complexity index is 823. The first-order chi connectivity index (χ1) is 12.5. The Morgan fingerprint density at radius 2 is 2.00 bits per heavy atom. The predicted octanol–water partition coefficient (Wildman–Crippen LogP) is 0.672. The number of hydrogen-bond acceptors (Lipinski definition) is 5. The van der Waals surface area contributed by atoms with Gasteiger partial charge >= 0.3 is 0 Å². The molecule has 1 aliphatic carbocycles. The number of imidazole rings is 1. The van der Waals surface area contributed by atoms with Crippen molar-refractivity contribution in [1.82, 2.24) is 34.5 Å². The van der Waals surface area contributed by atoms with Crippen LogP contribution in [0.1, 0.15) is 47.4 Å². The maximum Gasteiger partial charge on any atom is 0.272 e. The van der Waals surface area contributed by atoms with E-state index < -0.39 is 0 Å². The van der Waals surface area contributed by atoms with E-state index in [4.69, 9.17) is 0 Å². The Hall–Kier alpha value is -2.71. The Morgan fingerprint density at radius 3 is 2.62 bits per heavy atom. The minimum absolute atomic E-state index is 0.113. The van der Waals surface area contributed by atoms with E-state index in [9.17, 15) is 9.59 Å². The van der Waals surface area contributed by atoms with E-state index in [0.29, 0.717) is 43.4 Å². The third kappa shape index (κ3) is 3.09. The van der Waals surface area contributed by atoms with Gasteiger partial charge in [0.05, 0.1) is 18.6 Å². The van der Waals surface area contributed by atoms with Gasteiger partial charge in [-0.3, -0.25) is 14.7 Å². The number of hydrogen-bond donors (Lipinski definition) is 1. The number of aromatic nitrogens is 5. The minimum atomic E-state index is -0.264. The first kappa shape index (κ1) is 16.7. The van der Waals surface area contributed by atoms with E-state index in [1.54, 1.807) is 29.0 Å². The number of nitrogens with zero attached hydrogens (tertiary/aromatic N) is 6. The molecule has 2 aliphatic rings. The third-order valence-electron chi connectivity index (χ3n) is 5.11. The van der Waals surface area contributed by atoms with Gasteiger partial charge in [-0.2, -0.15) is 5.10 Å². The lowest BCUT2D eigenvalue weighted by molar-refractivity contribution is -0.132. The lowest BCUT2D eigenvalue weighted by atomic mass is 10.1. The van der Waals surface area contributed by atoms with Gasteiger partial charge in [0.2, 0.25) is 5.91 Å². The van der Waals surface area contributed by atoms with Gasteiger partial charge in [-0.15, -0.1) is 0 Å². The zero-order valence-corrected chi connectivity index (χ0v) is 15.1. The summed E-state index contributed by atoms with van der Waals surface area (Å²) in [6.45, 7) is 3.45. The van der Waals surface area contributed by atoms with Crippen molar-refractivity contribution in [2.24, 2.45) is 13.0 Å². The quantitative estimate of drug-likeness (QED) is 0.870. The molecule has 2 amide bonds. The molecule has 2 aromatic rings. The van der Waals surface area contributed by atoms with Gasteiger partial charge in [-0.25, -0.2) is 9.97 Å². The molecule has 1 unspecified atom stereocenters. The van der Waals surface area contributed by atoms with Crippen LogP contribution in [0, 0.1) is 12.8 Å². The summed E-state index contributed by atoms with van der Waals surface area (Å²) in [6, 6.07) is -0.264. The summed E-state index contributed by atoms with van der Waals surface area (Å²) in [5.74, 6) is 1.59. The van der Waals surface area contributed by atoms with E-state index >= 15 is 0 Å². The molecule has 9 nitrogen and oxygen atoms in total. The van der Waals surface area contributed by atoms with Crippen LogP contribution in [0.2, 0.25) is 0 Å². The number of nitrogens with one attached hydrogen (secondary N) is 1. The van der Waals surface area contributed by atoms with Crippen molar-refractivity contribution in [3.8, 4) is 0 Å². The van der Waals surface area contributed by atoms with Crippen molar-refractivity contribution >= 4 is 11.8 Å². The monoisotopic (exact) mass is 357 g/mol. The standard InChI is InChI=1S/C17H23N7O2/c1-11-19-15(21-20-11)13-5-6-23(16(25)12-3-4-12)7-8-24(13)17(26)14-9-18-10-22(14)2/h9-10,12-13H,3-8H2,1-2H3,(H,19,20,21). The van der Waals surface area contributed by atoms with Crippen LogP contribution in [0.25, 0.3) is 0 Å². The molecule has 1 N–H and O–H groups in total. The smallest absolute Gasteiger partial charge is 0.272 e. The molecule has 1 aliphatic heterocycles. The maximum atomic E-state index is 13.1. The van der Waals surface area contributed by atoms with Crippen LogP contribution >= 0.6 is 0 Å². The Balaban J connectivity index is 1.62. The van der Waals surface area contributed by atoms with Crippen molar-refractivity contribution in [2.75, 3.05) is 19.6 Å². The van der Waals surface area contributed by atoms with E-state index in [-0.39, 0.29) is 23.8 Å². The van der Waals surface area contributed by atoms with Crippen LogP contribution in [0.3, 0.4) is 0 Å². The fourth-order valence-corrected chi connectivity index (χ4v) is 3.47. The highest BCUT2D eigenvalue weighted by atomic mass is 16.2. The zero-order valence-electron chi connectivity index (χ0n) is 15.1. The Kier molecular flexibility index (Phi) is 4.21. The van der Waals surface area contributed by atoms with Crippen molar-refractivity contribution in [3.63, 3.8) is 0 Å². The van der Waals surface area contributed by atoms with Gasteiger partial charge in [0.25, 0.3) is 5.91 Å². The molecule has 0 bridgehead atoms. The molecule has 138 valence electrons. The minimum Gasteiger partial charge on any atom is -0.341 e. The fourth-order valence-electron chi connectivity index (χ4n) is 3.47. The van der Waals surface area contributed by atoms with Gasteiger partial charge in [0.1, 0.15) is 11.5 Å². The first-order valence-electron chi connectivity index (χ1n) is 8.99. The van der Waals surface area contributed by atoms with Gasteiger partial charge in [-0.05, 0) is 26.2 Å². The number of aromatic amines is 1. The molecular formula is C17H23N7O2. The number of carbonyl (C=O) groups excluding carboxylic acids is 2. The molecule has 26 heavy (non-hydrogen) atoms. The van der Waals surface area contributed by atoms with Gasteiger partial charge in [-0.1, -0.05) is 0 Å². The molecule has 0 radical (unpaired) electrons. The molecular weight excluding hydrogens is 334 g/mol. The maximum absolute atomic E-state index is 13.1. The second-order valence-corrected chi connectivity index (χ2v) is 7.07. The second-order valence-electron chi connectivity index (χ2n) is 7.07. The van der Waals surface area contributed by atoms with Crippen LogP contribution < -0.4 is 0 Å². The Labute approximate surface area is 151 Å². The SMILES string of the molecule is Cc1nc(C2CCN(C(=O)C3CC3)CCN2C(=O)c2cncn2C)n[nH]1. The summed E-state index contributed by atoms with van der Waals surface area (Å²) >= 11 is 0. The van der Waals surface area contributed by atoms with Crippen molar-refractivity contribution < 1.29 is 9.59 Å². The molecule has 1 saturated carbocycles. The van der Waals surface area contributed by atoms with Crippen molar-refractivity contribution in [2.45, 2.75) is 32.2 Å². The summed E-state index contributed by atoms with van der Waals surface area (Å²) < 4.78 is 1.71. The van der Waals surface area contributed by atoms with Crippen LogP contribution in [-0.2, 0) is 11.8 Å². The number of carbonyl (C=O) groups is 2. The van der Waals surface area contributed by atoms with Gasteiger partial charge in [0, 0.05) is 32.6 Å². The summed E-state index contributed by atoms with van der Waals surface area (Å²) in [6.07, 6.45) is 5.77. The molecule has 1 saturated heterocycles. The third-order valence-corrected chi connectivity index (χ3v) is 5.11. The van der Waals surface area contributed by atoms with E-state index in [0.717, 1.165) is 12.8 Å². The number of aryl methyl sites for hydroxylation is 2. The van der Waals surface area contributed by atoms with Crippen molar-refractivity contribution in [3.05, 3.63) is 29.9 Å². The molecule has 4 rings (SSSR count). The lowest BCUT2D eigenvalue weighted by Crippen LogP contribution is -2.39. The highest BCUT2D eigenvalue weighted by Gasteiger charge is 2.38. The molecule has 0 aromatic carbocycles. The Morgan fingerprint density at radius 1 is 1.19 bits per heavy atom. The van der Waals surface area contributed by atoms with E-state index in [2.05, 4.69) is 20.2 Å². The largest absolute Gasteiger partial charge is 0.341 e. The average Bonchev–Trinajstić information content (AvgIpc) is 3.32. The number of rotatable bonds is 3. The summed E-state index contributed by atoms with van der Waals surface area (Å²) in [5, 5.41) is 7.14. The molecule has 2 aromatic heterocycles. The van der Waals surface area contributed by atoms with Gasteiger partial charge in [0.15, 0.2) is 5.82 Å². The van der Waals surface area contributed by atoms with Gasteiger partial charge < -0.3 is 14.4 Å². The molecule has 2 fully saturated rings. The fraction of sp³-hybridized carbons (Fsp3) is 0.588. The van der Waals surface area contributed by atoms with E-state index in [1.165, 1.54) is 0 Å². The molecule has 3 heterocycles. The van der Waals surface area contributed by atoms with Crippen molar-refractivity contribution in [1.29, 1.82) is 0 Å². The lowest BCUT2D eigenvalue weighted by Gasteiger charge is -2.27. The average molecular weight is 357 g/mol. The number of H-pyrrole nitrogens is 1. The zero-order chi connectivity index (χ0) is 18.3. The summed E-state index contributed by atoms with van der Waals surface area (Å²) in [4.78, 5) is 37.8. The summed E-state index contributed by atoms with van der Waals surface area (Å²) in [5.41, 5.74) is 0.518. The summed E-state index contributed by atoms with van der Waals surface area (Å²) in [7, 11) is 1.80. The molecule has 1 atom stereocenters. The van der Waals surface area contributed by atoms with Crippen LogP contribution in [0.5, 0.6) is 0 Å². The topological polar surface area (TPSA) is 100 Å². The molecule has 0 spiro atoms. The normalized spacial score (nSPS) is 20.9. The molecule has 9 heteroatoms. The predicted molar refractivity (Wildman–Crippen MR) is 92.0 cm³/mol. The highest BCUT2D eigenvalue weighted by Crippen LogP contribution is 2.33. The van der Waals surface area contributed by atoms with Crippen LogP contribution in [-0.4, -0.2) is 66.0 Å². The second kappa shape index (κ2) is 6.54.